The minimum atomic E-state index is 0.0919. The van der Waals surface area contributed by atoms with Crippen LogP contribution in [0, 0.1) is 11.8 Å². The Labute approximate surface area is 230 Å². The molecular formula is C32H48N4O2. The van der Waals surface area contributed by atoms with E-state index >= 15 is 0 Å². The average molecular weight is 521 g/mol. The van der Waals surface area contributed by atoms with Crippen LogP contribution in [0.5, 0.6) is 5.75 Å². The number of pyridine rings is 1. The number of fused-ring (bicyclic) bond motifs is 1. The van der Waals surface area contributed by atoms with Gasteiger partial charge in [-0.25, -0.2) is 4.52 Å². The predicted molar refractivity (Wildman–Crippen MR) is 161 cm³/mol. The summed E-state index contributed by atoms with van der Waals surface area (Å²) in [6.07, 6.45) is 8.15. The quantitative estimate of drug-likeness (QED) is 0.255. The Hall–Kier alpha value is -3.12. The van der Waals surface area contributed by atoms with Crippen molar-refractivity contribution in [2.75, 3.05) is 40.8 Å². The highest BCUT2D eigenvalue weighted by Gasteiger charge is 2.19. The summed E-state index contributed by atoms with van der Waals surface area (Å²) < 4.78 is 7.20. The zero-order valence-electron chi connectivity index (χ0n) is 25.0. The van der Waals surface area contributed by atoms with Gasteiger partial charge in [-0.3, -0.25) is 4.79 Å². The molecule has 2 heterocycles. The van der Waals surface area contributed by atoms with Crippen LogP contribution in [0.25, 0.3) is 22.9 Å². The highest BCUT2D eigenvalue weighted by Crippen LogP contribution is 2.29. The third kappa shape index (κ3) is 8.73. The van der Waals surface area contributed by atoms with Crippen LogP contribution in [-0.4, -0.2) is 66.2 Å². The fraction of sp³-hybridized carbons (Fsp3) is 0.500. The lowest BCUT2D eigenvalue weighted by molar-refractivity contribution is 0.0741. The highest BCUT2D eigenvalue weighted by molar-refractivity contribution is 5.96. The van der Waals surface area contributed by atoms with Crippen molar-refractivity contribution in [3.8, 4) is 17.0 Å². The van der Waals surface area contributed by atoms with Gasteiger partial charge in [0.15, 0.2) is 0 Å². The fourth-order valence-electron chi connectivity index (χ4n) is 4.03. The molecule has 0 N–H and O–H groups in total. The van der Waals surface area contributed by atoms with Crippen molar-refractivity contribution in [2.45, 2.75) is 54.4 Å². The molecule has 0 fully saturated rings. The maximum atomic E-state index is 13.6. The van der Waals surface area contributed by atoms with Crippen molar-refractivity contribution in [1.82, 2.24) is 19.4 Å². The monoisotopic (exact) mass is 520 g/mol. The molecule has 1 amide bonds. The minimum absolute atomic E-state index is 0.0919. The number of nitrogens with zero attached hydrogens (tertiary/aromatic N) is 4. The minimum Gasteiger partial charge on any atom is -0.497 e. The molecule has 38 heavy (non-hydrogen) atoms. The van der Waals surface area contributed by atoms with Gasteiger partial charge in [0.25, 0.3) is 5.91 Å². The van der Waals surface area contributed by atoms with Gasteiger partial charge in [0.05, 0.1) is 12.6 Å². The first-order valence-electron chi connectivity index (χ1n) is 14.0. The van der Waals surface area contributed by atoms with Gasteiger partial charge in [-0.1, -0.05) is 53.7 Å². The first kappa shape index (κ1) is 31.1. The first-order valence-corrected chi connectivity index (χ1v) is 14.0. The second-order valence-corrected chi connectivity index (χ2v) is 10.6. The third-order valence-corrected chi connectivity index (χ3v) is 6.28. The molecule has 208 valence electrons. The van der Waals surface area contributed by atoms with Crippen molar-refractivity contribution in [1.29, 1.82) is 0 Å². The molecule has 6 heteroatoms. The zero-order chi connectivity index (χ0) is 28.2. The summed E-state index contributed by atoms with van der Waals surface area (Å²) in [6.45, 7) is 15.2. The van der Waals surface area contributed by atoms with Gasteiger partial charge < -0.3 is 14.5 Å². The maximum Gasteiger partial charge on any atom is 0.253 e. The number of hydrogen-bond donors (Lipinski definition) is 0. The molecule has 0 bridgehead atoms. The lowest BCUT2D eigenvalue weighted by atomic mass is 10.0. The van der Waals surface area contributed by atoms with Gasteiger partial charge >= 0.3 is 0 Å². The number of likely N-dealkylation sites (N-methyl/N-ethyl adjacent to an activating group) is 1. The molecule has 0 aliphatic carbocycles. The van der Waals surface area contributed by atoms with Crippen molar-refractivity contribution in [2.24, 2.45) is 11.8 Å². The topological polar surface area (TPSA) is 50.1 Å². The van der Waals surface area contributed by atoms with Crippen LogP contribution in [0.1, 0.15) is 70.3 Å². The van der Waals surface area contributed by atoms with E-state index in [9.17, 15) is 4.79 Å². The molecule has 0 spiro atoms. The standard InChI is InChI=1S/C30H42N4O2.C2H6/c1-22(2)14-18-33(19-15-23(3)4)30(35)25-16-20-34-28(21-25)27(9-8-17-32(5)6)29(31-34)24-10-12-26(36-7)13-11-24;1-2/h8-13,16,20-23H,14-15,17-19H2,1-7H3;1-2H3/b9-8+;. The van der Waals surface area contributed by atoms with Gasteiger partial charge in [-0.05, 0) is 75.2 Å². The van der Waals surface area contributed by atoms with Crippen LogP contribution in [0.15, 0.2) is 48.7 Å². The molecule has 3 aromatic rings. The number of ether oxygens (including phenoxy) is 1. The van der Waals surface area contributed by atoms with E-state index < -0.39 is 0 Å². The summed E-state index contributed by atoms with van der Waals surface area (Å²) in [4.78, 5) is 17.8. The Bertz CT molecular complexity index is 1150. The number of methoxy groups -OCH3 is 1. The van der Waals surface area contributed by atoms with E-state index in [1.54, 1.807) is 7.11 Å². The Balaban J connectivity index is 0.00000247. The Morgan fingerprint density at radius 2 is 1.61 bits per heavy atom. The van der Waals surface area contributed by atoms with E-state index in [-0.39, 0.29) is 5.91 Å². The number of hydrogen-bond acceptors (Lipinski definition) is 4. The van der Waals surface area contributed by atoms with Crippen LogP contribution in [-0.2, 0) is 0 Å². The number of carbonyl (C=O) groups excluding carboxylic acids is 1. The second kappa shape index (κ2) is 15.3. The van der Waals surface area contributed by atoms with Crippen molar-refractivity contribution in [3.63, 3.8) is 0 Å². The number of amides is 1. The van der Waals surface area contributed by atoms with Gasteiger partial charge in [-0.2, -0.15) is 5.10 Å². The Kier molecular flexibility index (Phi) is 12.5. The number of aromatic nitrogens is 2. The molecular weight excluding hydrogens is 472 g/mol. The number of benzene rings is 1. The van der Waals surface area contributed by atoms with Gasteiger partial charge in [0.1, 0.15) is 11.4 Å². The predicted octanol–water partition coefficient (Wildman–Crippen LogP) is 7.15. The van der Waals surface area contributed by atoms with Crippen molar-refractivity contribution >= 4 is 17.5 Å². The summed E-state index contributed by atoms with van der Waals surface area (Å²) in [5.41, 5.74) is 4.53. The van der Waals surface area contributed by atoms with Gasteiger partial charge in [-0.15, -0.1) is 0 Å². The lowest BCUT2D eigenvalue weighted by Crippen LogP contribution is -2.34. The molecule has 0 unspecified atom stereocenters. The zero-order valence-corrected chi connectivity index (χ0v) is 25.0. The van der Waals surface area contributed by atoms with E-state index in [0.717, 1.165) is 60.6 Å². The Morgan fingerprint density at radius 3 is 2.13 bits per heavy atom. The van der Waals surface area contributed by atoms with E-state index in [2.05, 4.69) is 44.7 Å². The first-order chi connectivity index (χ1) is 18.2. The molecule has 0 radical (unpaired) electrons. The Morgan fingerprint density at radius 1 is 1.00 bits per heavy atom. The lowest BCUT2D eigenvalue weighted by Gasteiger charge is -2.24. The summed E-state index contributed by atoms with van der Waals surface area (Å²) in [6, 6.07) is 11.8. The van der Waals surface area contributed by atoms with Crippen LogP contribution >= 0.6 is 0 Å². The summed E-state index contributed by atoms with van der Waals surface area (Å²) >= 11 is 0. The third-order valence-electron chi connectivity index (χ3n) is 6.28. The second-order valence-electron chi connectivity index (χ2n) is 10.6. The van der Waals surface area contributed by atoms with Crippen LogP contribution < -0.4 is 4.74 Å². The molecule has 6 nitrogen and oxygen atoms in total. The summed E-state index contributed by atoms with van der Waals surface area (Å²) in [7, 11) is 5.76. The van der Waals surface area contributed by atoms with E-state index in [1.165, 1.54) is 0 Å². The van der Waals surface area contributed by atoms with Gasteiger partial charge in [0, 0.05) is 42.5 Å². The molecule has 3 rings (SSSR count). The molecule has 0 aliphatic rings. The number of carbonyl (C=O) groups is 1. The average Bonchev–Trinajstić information content (AvgIpc) is 3.26. The van der Waals surface area contributed by atoms with Crippen LogP contribution in [0.2, 0.25) is 0 Å². The molecule has 2 aromatic heterocycles. The highest BCUT2D eigenvalue weighted by atomic mass is 16.5. The molecule has 0 aliphatic heterocycles. The SMILES string of the molecule is CC.COc1ccc(-c2nn3ccc(C(=O)N(CCC(C)C)CCC(C)C)cc3c2/C=C/CN(C)C)cc1. The van der Waals surface area contributed by atoms with Crippen LogP contribution in [0.4, 0.5) is 0 Å². The molecule has 0 saturated heterocycles. The van der Waals surface area contributed by atoms with Crippen molar-refractivity contribution in [3.05, 3.63) is 59.8 Å². The van der Waals surface area contributed by atoms with Crippen LogP contribution in [0.3, 0.4) is 0 Å². The smallest absolute Gasteiger partial charge is 0.253 e. The number of rotatable bonds is 12. The summed E-state index contributed by atoms with van der Waals surface area (Å²) in [5.74, 6) is 2.01. The molecule has 1 aromatic carbocycles. The summed E-state index contributed by atoms with van der Waals surface area (Å²) in [5, 5.41) is 4.89. The van der Waals surface area contributed by atoms with Gasteiger partial charge in [0.2, 0.25) is 0 Å². The molecule has 0 saturated carbocycles. The maximum absolute atomic E-state index is 13.6. The fourth-order valence-corrected chi connectivity index (χ4v) is 4.03. The van der Waals surface area contributed by atoms with E-state index in [0.29, 0.717) is 17.4 Å². The van der Waals surface area contributed by atoms with E-state index in [1.807, 2.05) is 80.0 Å². The normalized spacial score (nSPS) is 11.5. The molecule has 0 atom stereocenters. The van der Waals surface area contributed by atoms with E-state index in [4.69, 9.17) is 9.84 Å². The largest absolute Gasteiger partial charge is 0.497 e. The van der Waals surface area contributed by atoms with Crippen molar-refractivity contribution < 1.29 is 9.53 Å².